The number of hydrogen-bond acceptors (Lipinski definition) is 1. The first-order valence-electron chi connectivity index (χ1n) is 9.74. The molecular weight excluding hydrogens is 278 g/mol. The quantitative estimate of drug-likeness (QED) is 0.316. The van der Waals surface area contributed by atoms with Crippen LogP contribution in [0.5, 0.6) is 0 Å². The van der Waals surface area contributed by atoms with E-state index in [0.29, 0.717) is 12.0 Å². The molecule has 0 saturated carbocycles. The molecule has 1 N–H and O–H groups in total. The van der Waals surface area contributed by atoms with Crippen molar-refractivity contribution in [2.45, 2.75) is 78.2 Å². The molecule has 0 saturated heterocycles. The molecule has 0 aromatic heterocycles. The molecule has 1 nitrogen and oxygen atoms in total. The second-order valence-electron chi connectivity index (χ2n) is 6.69. The summed E-state index contributed by atoms with van der Waals surface area (Å²) in [6.07, 6.45) is 15.4. The van der Waals surface area contributed by atoms with Crippen LogP contribution in [0.3, 0.4) is 0 Å². The summed E-state index contributed by atoms with van der Waals surface area (Å²) >= 11 is 0. The highest BCUT2D eigenvalue weighted by molar-refractivity contribution is 5.20. The lowest BCUT2D eigenvalue weighted by atomic mass is 9.93. The molecule has 1 heteroatoms. The van der Waals surface area contributed by atoms with Gasteiger partial charge in [0.15, 0.2) is 0 Å². The third-order valence-electron chi connectivity index (χ3n) is 4.49. The Morgan fingerprint density at radius 1 is 0.913 bits per heavy atom. The standard InChI is InChI=1S/C22H37N/c1-4-6-8-9-10-11-13-16-20(3)22(23-19-7-5-2)21-17-14-12-15-18-21/h12-18,20,22-23H,4-11,19H2,1-3H3/b16-13+/t20-,22-/m0/s1. The zero-order valence-corrected chi connectivity index (χ0v) is 15.6. The Labute approximate surface area is 144 Å². The first-order valence-corrected chi connectivity index (χ1v) is 9.74. The monoisotopic (exact) mass is 315 g/mol. The van der Waals surface area contributed by atoms with Gasteiger partial charge in [0.25, 0.3) is 0 Å². The molecule has 0 spiro atoms. The predicted molar refractivity (Wildman–Crippen MR) is 104 cm³/mol. The molecule has 0 fully saturated rings. The zero-order valence-electron chi connectivity index (χ0n) is 15.6. The van der Waals surface area contributed by atoms with Gasteiger partial charge in [-0.25, -0.2) is 0 Å². The van der Waals surface area contributed by atoms with Gasteiger partial charge in [-0.05, 0) is 37.3 Å². The van der Waals surface area contributed by atoms with Crippen LogP contribution in [0, 0.1) is 5.92 Å². The molecule has 23 heavy (non-hydrogen) atoms. The maximum Gasteiger partial charge on any atom is 0.0380 e. The second-order valence-corrected chi connectivity index (χ2v) is 6.69. The number of nitrogens with one attached hydrogen (secondary N) is 1. The van der Waals surface area contributed by atoms with Gasteiger partial charge in [0.2, 0.25) is 0 Å². The Balaban J connectivity index is 2.46. The summed E-state index contributed by atoms with van der Waals surface area (Å²) in [5, 5.41) is 3.75. The van der Waals surface area contributed by atoms with Crippen LogP contribution in [0.4, 0.5) is 0 Å². The van der Waals surface area contributed by atoms with E-state index in [0.717, 1.165) is 6.54 Å². The number of allylic oxidation sites excluding steroid dienone is 1. The molecule has 2 atom stereocenters. The Morgan fingerprint density at radius 2 is 1.61 bits per heavy atom. The number of benzene rings is 1. The van der Waals surface area contributed by atoms with Crippen molar-refractivity contribution in [1.29, 1.82) is 0 Å². The van der Waals surface area contributed by atoms with Crippen molar-refractivity contribution >= 4 is 0 Å². The van der Waals surface area contributed by atoms with Crippen molar-refractivity contribution in [1.82, 2.24) is 5.32 Å². The summed E-state index contributed by atoms with van der Waals surface area (Å²) in [4.78, 5) is 0. The third-order valence-corrected chi connectivity index (χ3v) is 4.49. The molecule has 1 aromatic rings. The van der Waals surface area contributed by atoms with Crippen LogP contribution >= 0.6 is 0 Å². The molecule has 130 valence electrons. The Morgan fingerprint density at radius 3 is 2.30 bits per heavy atom. The zero-order chi connectivity index (χ0) is 16.8. The van der Waals surface area contributed by atoms with Gasteiger partial charge in [-0.15, -0.1) is 0 Å². The SMILES string of the molecule is CCCCCCC/C=C/[C@H](C)[C@H](NCCCC)c1ccccc1. The Hall–Kier alpha value is -1.08. The maximum atomic E-state index is 3.75. The molecule has 0 bridgehead atoms. The van der Waals surface area contributed by atoms with E-state index < -0.39 is 0 Å². The lowest BCUT2D eigenvalue weighted by molar-refractivity contribution is 0.438. The molecule has 0 amide bonds. The fraction of sp³-hybridized carbons (Fsp3) is 0.636. The highest BCUT2D eigenvalue weighted by Gasteiger charge is 2.15. The van der Waals surface area contributed by atoms with E-state index in [1.165, 1.54) is 56.9 Å². The minimum atomic E-state index is 0.430. The fourth-order valence-electron chi connectivity index (χ4n) is 2.99. The smallest absolute Gasteiger partial charge is 0.0380 e. The van der Waals surface area contributed by atoms with Gasteiger partial charge in [0.1, 0.15) is 0 Å². The van der Waals surface area contributed by atoms with E-state index in [4.69, 9.17) is 0 Å². The van der Waals surface area contributed by atoms with Crippen molar-refractivity contribution in [3.05, 3.63) is 48.0 Å². The topological polar surface area (TPSA) is 12.0 Å². The molecular formula is C22H37N. The average Bonchev–Trinajstić information content (AvgIpc) is 2.58. The van der Waals surface area contributed by atoms with Crippen LogP contribution in [-0.2, 0) is 0 Å². The molecule has 0 aliphatic heterocycles. The van der Waals surface area contributed by atoms with E-state index in [-0.39, 0.29) is 0 Å². The first-order chi connectivity index (χ1) is 11.3. The van der Waals surface area contributed by atoms with Crippen LogP contribution < -0.4 is 5.32 Å². The van der Waals surface area contributed by atoms with Gasteiger partial charge in [-0.1, -0.05) is 95.4 Å². The van der Waals surface area contributed by atoms with Gasteiger partial charge in [-0.3, -0.25) is 0 Å². The van der Waals surface area contributed by atoms with E-state index in [1.807, 2.05) is 0 Å². The van der Waals surface area contributed by atoms with Crippen LogP contribution in [0.25, 0.3) is 0 Å². The van der Waals surface area contributed by atoms with Crippen molar-refractivity contribution < 1.29 is 0 Å². The average molecular weight is 316 g/mol. The van der Waals surface area contributed by atoms with Crippen molar-refractivity contribution in [3.8, 4) is 0 Å². The lowest BCUT2D eigenvalue weighted by Gasteiger charge is -2.24. The Bertz CT molecular complexity index is 396. The van der Waals surface area contributed by atoms with E-state index in [9.17, 15) is 0 Å². The third kappa shape index (κ3) is 8.95. The Kier molecular flexibility index (Phi) is 11.6. The van der Waals surface area contributed by atoms with E-state index in [1.54, 1.807) is 0 Å². The molecule has 0 aliphatic carbocycles. The maximum absolute atomic E-state index is 3.75. The number of hydrogen-bond donors (Lipinski definition) is 1. The van der Waals surface area contributed by atoms with Crippen LogP contribution in [0.1, 0.15) is 83.7 Å². The van der Waals surface area contributed by atoms with Crippen molar-refractivity contribution in [2.75, 3.05) is 6.54 Å². The van der Waals surface area contributed by atoms with Crippen molar-refractivity contribution in [3.63, 3.8) is 0 Å². The van der Waals surface area contributed by atoms with Crippen molar-refractivity contribution in [2.24, 2.45) is 5.92 Å². The summed E-state index contributed by atoms with van der Waals surface area (Å²) in [5.74, 6) is 0.532. The summed E-state index contributed by atoms with van der Waals surface area (Å²) in [6, 6.07) is 11.3. The van der Waals surface area contributed by atoms with E-state index >= 15 is 0 Å². The second kappa shape index (κ2) is 13.4. The van der Waals surface area contributed by atoms with Gasteiger partial charge >= 0.3 is 0 Å². The molecule has 1 rings (SSSR count). The normalized spacial score (nSPS) is 14.2. The predicted octanol–water partition coefficient (Wildman–Crippen LogP) is 6.67. The van der Waals surface area contributed by atoms with E-state index in [2.05, 4.69) is 68.6 Å². The largest absolute Gasteiger partial charge is 0.309 e. The minimum absolute atomic E-state index is 0.430. The number of unbranched alkanes of at least 4 members (excludes halogenated alkanes) is 6. The summed E-state index contributed by atoms with van der Waals surface area (Å²) < 4.78 is 0. The fourth-order valence-corrected chi connectivity index (χ4v) is 2.99. The molecule has 0 radical (unpaired) electrons. The summed E-state index contributed by atoms with van der Waals surface area (Å²) in [6.45, 7) is 7.97. The van der Waals surface area contributed by atoms with Gasteiger partial charge in [-0.2, -0.15) is 0 Å². The first kappa shape index (κ1) is 20.0. The van der Waals surface area contributed by atoms with Gasteiger partial charge in [0.05, 0.1) is 0 Å². The van der Waals surface area contributed by atoms with Gasteiger partial charge < -0.3 is 5.32 Å². The van der Waals surface area contributed by atoms with Crippen LogP contribution in [0.15, 0.2) is 42.5 Å². The molecule has 0 heterocycles. The van der Waals surface area contributed by atoms with Crippen LogP contribution in [-0.4, -0.2) is 6.54 Å². The van der Waals surface area contributed by atoms with Gasteiger partial charge in [0, 0.05) is 6.04 Å². The summed E-state index contributed by atoms with van der Waals surface area (Å²) in [5.41, 5.74) is 1.41. The highest BCUT2D eigenvalue weighted by atomic mass is 14.9. The highest BCUT2D eigenvalue weighted by Crippen LogP contribution is 2.23. The molecule has 1 aromatic carbocycles. The van der Waals surface area contributed by atoms with Crippen LogP contribution in [0.2, 0.25) is 0 Å². The molecule has 0 aliphatic rings. The summed E-state index contributed by atoms with van der Waals surface area (Å²) in [7, 11) is 0. The number of rotatable bonds is 13. The minimum Gasteiger partial charge on any atom is -0.309 e. The molecule has 0 unspecified atom stereocenters. The lowest BCUT2D eigenvalue weighted by Crippen LogP contribution is -2.27.